The van der Waals surface area contributed by atoms with Crippen LogP contribution in [0.2, 0.25) is 0 Å². The van der Waals surface area contributed by atoms with Crippen LogP contribution in [-0.2, 0) is 10.3 Å². The maximum absolute atomic E-state index is 11.4. The zero-order valence-electron chi connectivity index (χ0n) is 15.9. The third-order valence-electron chi connectivity index (χ3n) is 5.20. The molecule has 0 aliphatic heterocycles. The third-order valence-corrected chi connectivity index (χ3v) is 5.89. The molecule has 1 fully saturated rings. The number of aromatic nitrogens is 1. The minimum atomic E-state index is -0.678. The number of hydrogen-bond donors (Lipinski definition) is 3. The first kappa shape index (κ1) is 18.8. The molecule has 2 aromatic heterocycles. The number of nitrogens with two attached hydrogens (primary N) is 1. The second-order valence-corrected chi connectivity index (χ2v) is 8.67. The Labute approximate surface area is 168 Å². The van der Waals surface area contributed by atoms with Crippen LogP contribution >= 0.6 is 11.3 Å². The van der Waals surface area contributed by atoms with Gasteiger partial charge in [-0.2, -0.15) is 11.3 Å². The molecular formula is C22H23N3O2S. The fraction of sp³-hybridized carbons (Fsp3) is 0.273. The summed E-state index contributed by atoms with van der Waals surface area (Å²) in [5.74, 6) is 0.386. The van der Waals surface area contributed by atoms with E-state index in [1.807, 2.05) is 42.6 Å². The van der Waals surface area contributed by atoms with Crippen molar-refractivity contribution in [2.45, 2.75) is 37.8 Å². The molecule has 0 spiro atoms. The summed E-state index contributed by atoms with van der Waals surface area (Å²) in [6.07, 6.45) is 2.92. The van der Waals surface area contributed by atoms with E-state index in [0.29, 0.717) is 18.7 Å². The molecule has 1 saturated carbocycles. The molecule has 6 heteroatoms. The number of anilines is 1. The summed E-state index contributed by atoms with van der Waals surface area (Å²) in [4.78, 5) is 15.8. The highest BCUT2D eigenvalue weighted by Crippen LogP contribution is 2.46. The Bertz CT molecular complexity index is 1000. The monoisotopic (exact) mass is 393 g/mol. The van der Waals surface area contributed by atoms with Crippen molar-refractivity contribution in [1.29, 1.82) is 0 Å². The van der Waals surface area contributed by atoms with Crippen LogP contribution < -0.4 is 11.1 Å². The summed E-state index contributed by atoms with van der Waals surface area (Å²) in [7, 11) is 0. The molecule has 0 bridgehead atoms. The average Bonchev–Trinajstić information content (AvgIpc) is 3.14. The van der Waals surface area contributed by atoms with Gasteiger partial charge in [-0.1, -0.05) is 24.3 Å². The maximum Gasteiger partial charge on any atom is 0.222 e. The van der Waals surface area contributed by atoms with Crippen molar-refractivity contribution in [3.05, 3.63) is 58.9 Å². The summed E-state index contributed by atoms with van der Waals surface area (Å²) in [6.45, 7) is 3.29. The second kappa shape index (κ2) is 6.81. The minimum Gasteiger partial charge on any atom is -0.390 e. The van der Waals surface area contributed by atoms with Crippen molar-refractivity contribution in [2.75, 3.05) is 5.32 Å². The quantitative estimate of drug-likeness (QED) is 0.622. The summed E-state index contributed by atoms with van der Waals surface area (Å²) in [5, 5.41) is 16.9. The molecular weight excluding hydrogens is 370 g/mol. The summed E-state index contributed by atoms with van der Waals surface area (Å²) < 4.78 is 0. The Morgan fingerprint density at radius 3 is 2.46 bits per heavy atom. The Hall–Kier alpha value is -2.54. The largest absolute Gasteiger partial charge is 0.390 e. The number of aliphatic hydroxyl groups is 1. The Kier molecular flexibility index (Phi) is 4.57. The Balaban J connectivity index is 1.70. The van der Waals surface area contributed by atoms with E-state index < -0.39 is 11.1 Å². The topological polar surface area (TPSA) is 88.2 Å². The number of benzene rings is 1. The summed E-state index contributed by atoms with van der Waals surface area (Å²) in [6, 6.07) is 12.1. The van der Waals surface area contributed by atoms with Crippen LogP contribution in [0.1, 0.15) is 32.3 Å². The van der Waals surface area contributed by atoms with Gasteiger partial charge in [0.1, 0.15) is 5.82 Å². The van der Waals surface area contributed by atoms with Gasteiger partial charge < -0.3 is 16.2 Å². The highest BCUT2D eigenvalue weighted by Gasteiger charge is 2.49. The van der Waals surface area contributed by atoms with Gasteiger partial charge in [0.2, 0.25) is 5.91 Å². The van der Waals surface area contributed by atoms with Crippen LogP contribution in [0.5, 0.6) is 0 Å². The number of carbonyl (C=O) groups is 1. The van der Waals surface area contributed by atoms with Crippen LogP contribution in [0.15, 0.2) is 53.4 Å². The van der Waals surface area contributed by atoms with E-state index >= 15 is 0 Å². The molecule has 1 aliphatic carbocycles. The molecule has 4 N–H and O–H groups in total. The van der Waals surface area contributed by atoms with Crippen molar-refractivity contribution in [1.82, 2.24) is 4.98 Å². The molecule has 1 amide bonds. The van der Waals surface area contributed by atoms with Crippen LogP contribution in [0.25, 0.3) is 22.3 Å². The molecule has 5 nitrogen and oxygen atoms in total. The van der Waals surface area contributed by atoms with E-state index in [1.165, 1.54) is 6.92 Å². The fourth-order valence-electron chi connectivity index (χ4n) is 4.08. The first-order chi connectivity index (χ1) is 13.3. The van der Waals surface area contributed by atoms with E-state index in [2.05, 4.69) is 21.7 Å². The predicted octanol–water partition coefficient (Wildman–Crippen LogP) is 4.13. The molecule has 1 aliphatic rings. The number of amides is 1. The van der Waals surface area contributed by atoms with Crippen LogP contribution in [0, 0.1) is 0 Å². The molecule has 0 radical (unpaired) electrons. The van der Waals surface area contributed by atoms with Crippen molar-refractivity contribution in [3.8, 4) is 22.3 Å². The molecule has 4 rings (SSSR count). The number of nitrogens with one attached hydrogen (secondary N) is 1. The van der Waals surface area contributed by atoms with Crippen LogP contribution in [-0.4, -0.2) is 21.6 Å². The van der Waals surface area contributed by atoms with Crippen molar-refractivity contribution in [2.24, 2.45) is 5.73 Å². The van der Waals surface area contributed by atoms with E-state index in [1.54, 1.807) is 17.5 Å². The second-order valence-electron chi connectivity index (χ2n) is 7.89. The molecule has 3 aromatic rings. The first-order valence-electron chi connectivity index (χ1n) is 9.18. The standard InChI is InChI=1S/C22H23N3O2S/c1-14(26)25-20-9-18(16-7-8-28-11-16)19(10-24-20)15-3-5-17(6-4-15)22(23)12-21(2,27)13-22/h3-11,27H,12-13,23H2,1-2H3,(H,24,25,26). The van der Waals surface area contributed by atoms with Crippen LogP contribution in [0.4, 0.5) is 5.82 Å². The SMILES string of the molecule is CC(=O)Nc1cc(-c2ccsc2)c(-c2ccc(C3(N)CC(C)(O)C3)cc2)cn1. The van der Waals surface area contributed by atoms with Gasteiger partial charge in [-0.05, 0) is 64.9 Å². The fourth-order valence-corrected chi connectivity index (χ4v) is 4.74. The zero-order valence-corrected chi connectivity index (χ0v) is 16.7. The van der Waals surface area contributed by atoms with Crippen molar-refractivity contribution >= 4 is 23.1 Å². The average molecular weight is 394 g/mol. The summed E-state index contributed by atoms with van der Waals surface area (Å²) >= 11 is 1.63. The lowest BCUT2D eigenvalue weighted by molar-refractivity contribution is -0.114. The van der Waals surface area contributed by atoms with Gasteiger partial charge in [0, 0.05) is 24.2 Å². The molecule has 144 valence electrons. The zero-order chi connectivity index (χ0) is 19.9. The molecule has 28 heavy (non-hydrogen) atoms. The molecule has 0 atom stereocenters. The van der Waals surface area contributed by atoms with Gasteiger partial charge in [-0.25, -0.2) is 4.98 Å². The number of thiophene rings is 1. The number of rotatable bonds is 4. The van der Waals surface area contributed by atoms with Crippen molar-refractivity contribution < 1.29 is 9.90 Å². The highest BCUT2D eigenvalue weighted by atomic mass is 32.1. The van der Waals surface area contributed by atoms with E-state index in [-0.39, 0.29) is 5.91 Å². The van der Waals surface area contributed by atoms with Gasteiger partial charge in [0.25, 0.3) is 0 Å². The molecule has 1 aromatic carbocycles. The number of nitrogens with zero attached hydrogens (tertiary/aromatic N) is 1. The van der Waals surface area contributed by atoms with E-state index in [9.17, 15) is 9.90 Å². The third kappa shape index (κ3) is 3.58. The lowest BCUT2D eigenvalue weighted by Crippen LogP contribution is -2.58. The smallest absolute Gasteiger partial charge is 0.222 e. The van der Waals surface area contributed by atoms with Crippen LogP contribution in [0.3, 0.4) is 0 Å². The van der Waals surface area contributed by atoms with E-state index in [4.69, 9.17) is 5.73 Å². The molecule has 2 heterocycles. The van der Waals surface area contributed by atoms with Gasteiger partial charge in [0.05, 0.1) is 5.60 Å². The number of pyridine rings is 1. The maximum atomic E-state index is 11.4. The van der Waals surface area contributed by atoms with Gasteiger partial charge in [0.15, 0.2) is 0 Å². The highest BCUT2D eigenvalue weighted by molar-refractivity contribution is 7.08. The molecule has 0 unspecified atom stereocenters. The number of carbonyl (C=O) groups excluding carboxylic acids is 1. The van der Waals surface area contributed by atoms with Gasteiger partial charge >= 0.3 is 0 Å². The Morgan fingerprint density at radius 2 is 1.89 bits per heavy atom. The van der Waals surface area contributed by atoms with Gasteiger partial charge in [-0.3, -0.25) is 4.79 Å². The molecule has 0 saturated heterocycles. The predicted molar refractivity (Wildman–Crippen MR) is 113 cm³/mol. The summed E-state index contributed by atoms with van der Waals surface area (Å²) in [5.41, 5.74) is 10.5. The lowest BCUT2D eigenvalue weighted by Gasteiger charge is -2.49. The lowest BCUT2D eigenvalue weighted by atomic mass is 9.63. The minimum absolute atomic E-state index is 0.148. The normalized spacial score (nSPS) is 23.9. The van der Waals surface area contributed by atoms with E-state index in [0.717, 1.165) is 27.8 Å². The van der Waals surface area contributed by atoms with Crippen molar-refractivity contribution in [3.63, 3.8) is 0 Å². The number of hydrogen-bond acceptors (Lipinski definition) is 5. The van der Waals surface area contributed by atoms with Gasteiger partial charge in [-0.15, -0.1) is 0 Å². The first-order valence-corrected chi connectivity index (χ1v) is 10.1. The Morgan fingerprint density at radius 1 is 1.18 bits per heavy atom.